The van der Waals surface area contributed by atoms with Crippen LogP contribution in [-0.4, -0.2) is 0 Å². The smallest absolute Gasteiger partial charge is 0.0414 e. The lowest BCUT2D eigenvalue weighted by molar-refractivity contribution is 0.372. The molecule has 0 unspecified atom stereocenters. The van der Waals surface area contributed by atoms with E-state index in [9.17, 15) is 0 Å². The Bertz CT molecular complexity index is 368. The second-order valence-electron chi connectivity index (χ2n) is 6.65. The first kappa shape index (κ1) is 16.0. The van der Waals surface area contributed by atoms with E-state index in [1.54, 1.807) is 0 Å². The Hall–Kier alpha value is -0.0500. The van der Waals surface area contributed by atoms with Crippen molar-refractivity contribution >= 4 is 22.6 Å². The monoisotopic (exact) mass is 358 g/mol. The maximum Gasteiger partial charge on any atom is 0.0414 e. The van der Waals surface area contributed by atoms with E-state index in [4.69, 9.17) is 0 Å². The minimum atomic E-state index is 0.219. The highest BCUT2D eigenvalue weighted by Crippen LogP contribution is 2.35. The number of hydrogen-bond acceptors (Lipinski definition) is 0. The van der Waals surface area contributed by atoms with Crippen LogP contribution in [0.5, 0.6) is 0 Å². The summed E-state index contributed by atoms with van der Waals surface area (Å²) in [4.78, 5) is 0. The van der Waals surface area contributed by atoms with Gasteiger partial charge in [0.15, 0.2) is 0 Å². The molecule has 0 N–H and O–H groups in total. The molecule has 0 fully saturated rings. The molecule has 102 valence electrons. The number of alkyl halides is 1. The number of halogens is 1. The number of rotatable bonds is 5. The van der Waals surface area contributed by atoms with Crippen LogP contribution >= 0.6 is 22.6 Å². The highest BCUT2D eigenvalue weighted by Gasteiger charge is 2.23. The maximum atomic E-state index is 2.50. The molecule has 0 aliphatic rings. The zero-order valence-electron chi connectivity index (χ0n) is 12.7. The highest BCUT2D eigenvalue weighted by molar-refractivity contribution is 14.1. The minimum absolute atomic E-state index is 0.219. The van der Waals surface area contributed by atoms with Gasteiger partial charge in [-0.2, -0.15) is 0 Å². The predicted octanol–water partition coefficient (Wildman–Crippen LogP) is 6.07. The molecule has 0 bridgehead atoms. The van der Waals surface area contributed by atoms with Crippen LogP contribution in [0, 0.1) is 5.92 Å². The second kappa shape index (κ2) is 5.94. The SMILES string of the molecule is CC[C@@H](C)CC(C)(C)c1ccc(C(C)(C)I)cc1. The van der Waals surface area contributed by atoms with Gasteiger partial charge in [0.05, 0.1) is 0 Å². The predicted molar refractivity (Wildman–Crippen MR) is 90.6 cm³/mol. The lowest BCUT2D eigenvalue weighted by Gasteiger charge is -2.29. The molecule has 0 saturated heterocycles. The minimum Gasteiger partial charge on any atom is -0.0743 e. The average molecular weight is 358 g/mol. The van der Waals surface area contributed by atoms with E-state index in [-0.39, 0.29) is 8.84 Å². The lowest BCUT2D eigenvalue weighted by Crippen LogP contribution is -2.20. The van der Waals surface area contributed by atoms with E-state index >= 15 is 0 Å². The van der Waals surface area contributed by atoms with Gasteiger partial charge in [0.2, 0.25) is 0 Å². The standard InChI is InChI=1S/C17H27I/c1-7-13(2)12-16(3,4)14-8-10-15(11-9-14)17(5,6)18/h8-11,13H,7,12H2,1-6H3/t13-/m1/s1. The summed E-state index contributed by atoms with van der Waals surface area (Å²) >= 11 is 2.50. The van der Waals surface area contributed by atoms with Crippen molar-refractivity contribution in [2.75, 3.05) is 0 Å². The third-order valence-electron chi connectivity index (χ3n) is 3.91. The summed E-state index contributed by atoms with van der Waals surface area (Å²) in [5.41, 5.74) is 3.15. The summed E-state index contributed by atoms with van der Waals surface area (Å²) in [6, 6.07) is 9.22. The maximum absolute atomic E-state index is 2.50. The molecule has 1 aromatic rings. The van der Waals surface area contributed by atoms with Gasteiger partial charge < -0.3 is 0 Å². The average Bonchev–Trinajstić information content (AvgIpc) is 2.27. The molecule has 0 aliphatic carbocycles. The van der Waals surface area contributed by atoms with Crippen molar-refractivity contribution in [1.29, 1.82) is 0 Å². The summed E-state index contributed by atoms with van der Waals surface area (Å²) in [7, 11) is 0. The van der Waals surface area contributed by atoms with E-state index < -0.39 is 0 Å². The molecule has 1 aromatic carbocycles. The van der Waals surface area contributed by atoms with Crippen LogP contribution in [0.1, 0.15) is 65.5 Å². The van der Waals surface area contributed by atoms with Gasteiger partial charge in [0.1, 0.15) is 0 Å². The molecule has 0 amide bonds. The first-order valence-corrected chi connectivity index (χ1v) is 8.04. The second-order valence-corrected chi connectivity index (χ2v) is 9.35. The highest BCUT2D eigenvalue weighted by atomic mass is 127. The molecule has 1 heteroatoms. The molecular weight excluding hydrogens is 331 g/mol. The molecule has 0 aliphatic heterocycles. The van der Waals surface area contributed by atoms with Crippen molar-refractivity contribution < 1.29 is 0 Å². The third-order valence-corrected chi connectivity index (χ3v) is 4.53. The van der Waals surface area contributed by atoms with Crippen molar-refractivity contribution in [3.63, 3.8) is 0 Å². The molecule has 1 rings (SSSR count). The van der Waals surface area contributed by atoms with Crippen LogP contribution < -0.4 is 0 Å². The fourth-order valence-electron chi connectivity index (χ4n) is 2.45. The molecule has 0 radical (unpaired) electrons. The molecule has 0 heterocycles. The van der Waals surface area contributed by atoms with Gasteiger partial charge in [0, 0.05) is 3.42 Å². The summed E-state index contributed by atoms with van der Waals surface area (Å²) in [6.07, 6.45) is 2.53. The fourth-order valence-corrected chi connectivity index (χ4v) is 2.81. The van der Waals surface area contributed by atoms with Gasteiger partial charge in [-0.25, -0.2) is 0 Å². The Morgan fingerprint density at radius 1 is 1.00 bits per heavy atom. The quantitative estimate of drug-likeness (QED) is 0.443. The van der Waals surface area contributed by atoms with Crippen molar-refractivity contribution in [1.82, 2.24) is 0 Å². The zero-order valence-corrected chi connectivity index (χ0v) is 14.8. The molecular formula is C17H27I. The van der Waals surface area contributed by atoms with Gasteiger partial charge in [-0.05, 0) is 42.7 Å². The topological polar surface area (TPSA) is 0 Å². The molecule has 18 heavy (non-hydrogen) atoms. The third kappa shape index (κ3) is 4.25. The molecule has 0 saturated carbocycles. The van der Waals surface area contributed by atoms with E-state index in [0.717, 1.165) is 5.92 Å². The van der Waals surface area contributed by atoms with E-state index in [0.29, 0.717) is 0 Å². The molecule has 0 aromatic heterocycles. The van der Waals surface area contributed by atoms with E-state index in [2.05, 4.69) is 88.4 Å². The summed E-state index contributed by atoms with van der Waals surface area (Å²) < 4.78 is 0.219. The van der Waals surface area contributed by atoms with Crippen molar-refractivity contribution in [2.45, 2.75) is 63.2 Å². The Balaban J connectivity index is 2.90. The Morgan fingerprint density at radius 2 is 1.44 bits per heavy atom. The van der Waals surface area contributed by atoms with Crippen LogP contribution in [-0.2, 0) is 8.84 Å². The summed E-state index contributed by atoms with van der Waals surface area (Å²) in [5, 5.41) is 0. The van der Waals surface area contributed by atoms with Crippen molar-refractivity contribution in [3.8, 4) is 0 Å². The molecule has 1 atom stereocenters. The van der Waals surface area contributed by atoms with Gasteiger partial charge in [-0.1, -0.05) is 81.0 Å². The van der Waals surface area contributed by atoms with Crippen LogP contribution in [0.25, 0.3) is 0 Å². The fraction of sp³-hybridized carbons (Fsp3) is 0.647. The normalized spacial score (nSPS) is 14.6. The largest absolute Gasteiger partial charge is 0.0743 e. The van der Waals surface area contributed by atoms with Crippen LogP contribution in [0.15, 0.2) is 24.3 Å². The van der Waals surface area contributed by atoms with Crippen molar-refractivity contribution in [3.05, 3.63) is 35.4 Å². The Kier molecular flexibility index (Phi) is 5.28. The molecule has 0 nitrogen and oxygen atoms in total. The van der Waals surface area contributed by atoms with Gasteiger partial charge in [-0.15, -0.1) is 0 Å². The van der Waals surface area contributed by atoms with Crippen LogP contribution in [0.2, 0.25) is 0 Å². The summed E-state index contributed by atoms with van der Waals surface area (Å²) in [5.74, 6) is 0.792. The van der Waals surface area contributed by atoms with E-state index in [1.807, 2.05) is 0 Å². The number of hydrogen-bond donors (Lipinski definition) is 0. The van der Waals surface area contributed by atoms with Gasteiger partial charge in [0.25, 0.3) is 0 Å². The number of benzene rings is 1. The van der Waals surface area contributed by atoms with Crippen LogP contribution in [0.4, 0.5) is 0 Å². The Morgan fingerprint density at radius 3 is 1.83 bits per heavy atom. The lowest BCUT2D eigenvalue weighted by atomic mass is 9.76. The van der Waals surface area contributed by atoms with E-state index in [1.165, 1.54) is 24.0 Å². The van der Waals surface area contributed by atoms with Gasteiger partial charge in [-0.3, -0.25) is 0 Å². The molecule has 0 spiro atoms. The van der Waals surface area contributed by atoms with Gasteiger partial charge >= 0.3 is 0 Å². The zero-order chi connectivity index (χ0) is 14.0. The van der Waals surface area contributed by atoms with Crippen LogP contribution in [0.3, 0.4) is 0 Å². The van der Waals surface area contributed by atoms with Crippen molar-refractivity contribution in [2.24, 2.45) is 5.92 Å². The first-order valence-electron chi connectivity index (χ1n) is 6.96. The summed E-state index contributed by atoms with van der Waals surface area (Å²) in [6.45, 7) is 13.9. The Labute approximate surface area is 127 Å². The first-order chi connectivity index (χ1) is 8.16.